The monoisotopic (exact) mass is 575 g/mol. The maximum absolute atomic E-state index is 13.0. The summed E-state index contributed by atoms with van der Waals surface area (Å²) in [5.74, 6) is 1.23. The SMILES string of the molecule is C[C@@H]1CC[C@H](COc2ccc(OCc3ccccc3NC(=O)c3cc4sccc4n3C)cc2)N1C(=O)OC(C)(C)C. The van der Waals surface area contributed by atoms with Gasteiger partial charge in [0.25, 0.3) is 5.91 Å². The van der Waals surface area contributed by atoms with Gasteiger partial charge >= 0.3 is 6.09 Å². The van der Waals surface area contributed by atoms with E-state index in [2.05, 4.69) is 5.32 Å². The van der Waals surface area contributed by atoms with Crippen molar-refractivity contribution in [3.63, 3.8) is 0 Å². The molecule has 1 N–H and O–H groups in total. The summed E-state index contributed by atoms with van der Waals surface area (Å²) in [6.07, 6.45) is 1.51. The van der Waals surface area contributed by atoms with E-state index in [-0.39, 0.29) is 24.1 Å². The van der Waals surface area contributed by atoms with E-state index in [0.717, 1.165) is 28.6 Å². The Balaban J connectivity index is 1.16. The lowest BCUT2D eigenvalue weighted by Crippen LogP contribution is -2.45. The highest BCUT2D eigenvalue weighted by Crippen LogP contribution is 2.29. The number of fused-ring (bicyclic) bond motifs is 1. The molecule has 3 heterocycles. The highest BCUT2D eigenvalue weighted by atomic mass is 32.1. The summed E-state index contributed by atoms with van der Waals surface area (Å²) in [6.45, 7) is 8.37. The molecule has 0 radical (unpaired) electrons. The number of aromatic nitrogens is 1. The molecule has 0 aliphatic carbocycles. The number of hydrogen-bond donors (Lipinski definition) is 1. The molecular formula is C32H37N3O5S. The van der Waals surface area contributed by atoms with Gasteiger partial charge in [0.1, 0.15) is 36.0 Å². The third-order valence-electron chi connectivity index (χ3n) is 7.21. The smallest absolute Gasteiger partial charge is 0.410 e. The van der Waals surface area contributed by atoms with E-state index in [1.54, 1.807) is 16.2 Å². The molecule has 0 spiro atoms. The zero-order valence-corrected chi connectivity index (χ0v) is 25.0. The van der Waals surface area contributed by atoms with Gasteiger partial charge in [-0.15, -0.1) is 11.3 Å². The number of amides is 2. The Labute approximate surface area is 244 Å². The van der Waals surface area contributed by atoms with Gasteiger partial charge < -0.3 is 24.1 Å². The van der Waals surface area contributed by atoms with Gasteiger partial charge in [-0.05, 0) is 88.4 Å². The number of nitrogens with one attached hydrogen (secondary N) is 1. The summed E-state index contributed by atoms with van der Waals surface area (Å²) in [5.41, 5.74) is 2.70. The summed E-state index contributed by atoms with van der Waals surface area (Å²) in [4.78, 5) is 27.6. The molecule has 9 heteroatoms. The Hall–Kier alpha value is -3.98. The van der Waals surface area contributed by atoms with Crippen molar-refractivity contribution < 1.29 is 23.8 Å². The highest BCUT2D eigenvalue weighted by molar-refractivity contribution is 7.17. The van der Waals surface area contributed by atoms with Crippen molar-refractivity contribution in [1.29, 1.82) is 0 Å². The molecule has 0 bridgehead atoms. The van der Waals surface area contributed by atoms with Crippen LogP contribution in [0.3, 0.4) is 0 Å². The van der Waals surface area contributed by atoms with Gasteiger partial charge in [0.2, 0.25) is 0 Å². The van der Waals surface area contributed by atoms with Gasteiger partial charge in [-0.2, -0.15) is 0 Å². The van der Waals surface area contributed by atoms with Crippen LogP contribution in [0.15, 0.2) is 66.0 Å². The molecule has 216 valence electrons. The van der Waals surface area contributed by atoms with Gasteiger partial charge in [-0.25, -0.2) is 4.79 Å². The number of carbonyl (C=O) groups excluding carboxylic acids is 2. The van der Waals surface area contributed by atoms with Crippen LogP contribution < -0.4 is 14.8 Å². The van der Waals surface area contributed by atoms with Crippen LogP contribution in [0.25, 0.3) is 10.2 Å². The first-order valence-corrected chi connectivity index (χ1v) is 14.8. The standard InChI is InChI=1S/C32H37N3O5S/c1-21-10-11-23(35(21)31(37)40-32(2,3)4)20-39-25-14-12-24(13-15-25)38-19-22-8-6-7-9-26(22)33-30(36)28-18-29-27(34(28)5)16-17-41-29/h6-9,12-18,21,23H,10-11,19-20H2,1-5H3,(H,33,36)/t21-,23-/m1/s1. The third-order valence-corrected chi connectivity index (χ3v) is 8.07. The summed E-state index contributed by atoms with van der Waals surface area (Å²) < 4.78 is 20.7. The van der Waals surface area contributed by atoms with Crippen molar-refractivity contribution in [1.82, 2.24) is 9.47 Å². The van der Waals surface area contributed by atoms with Gasteiger partial charge in [0.15, 0.2) is 0 Å². The van der Waals surface area contributed by atoms with E-state index in [1.165, 1.54) is 0 Å². The molecule has 2 aromatic carbocycles. The third kappa shape index (κ3) is 6.68. The Morgan fingerprint density at radius 1 is 1.00 bits per heavy atom. The first kappa shape index (κ1) is 28.5. The zero-order chi connectivity index (χ0) is 29.1. The van der Waals surface area contributed by atoms with Crippen molar-refractivity contribution in [2.75, 3.05) is 11.9 Å². The van der Waals surface area contributed by atoms with Gasteiger partial charge in [0, 0.05) is 24.3 Å². The van der Waals surface area contributed by atoms with Crippen molar-refractivity contribution in [2.24, 2.45) is 7.05 Å². The van der Waals surface area contributed by atoms with Crippen molar-refractivity contribution in [2.45, 2.75) is 64.8 Å². The van der Waals surface area contributed by atoms with Crippen LogP contribution in [0.2, 0.25) is 0 Å². The van der Waals surface area contributed by atoms with Crippen LogP contribution in [-0.2, 0) is 18.4 Å². The van der Waals surface area contributed by atoms with E-state index < -0.39 is 5.60 Å². The van der Waals surface area contributed by atoms with Crippen LogP contribution in [-0.4, -0.2) is 45.8 Å². The molecule has 1 aliphatic rings. The van der Waals surface area contributed by atoms with E-state index in [4.69, 9.17) is 14.2 Å². The Bertz CT molecular complexity index is 1520. The molecule has 5 rings (SSSR count). The maximum Gasteiger partial charge on any atom is 0.410 e. The molecule has 2 aromatic heterocycles. The summed E-state index contributed by atoms with van der Waals surface area (Å²) in [5, 5.41) is 5.06. The first-order valence-electron chi connectivity index (χ1n) is 13.9. The van der Waals surface area contributed by atoms with Gasteiger partial charge in [-0.1, -0.05) is 18.2 Å². The lowest BCUT2D eigenvalue weighted by molar-refractivity contribution is 0.0117. The molecule has 4 aromatic rings. The minimum atomic E-state index is -0.536. The lowest BCUT2D eigenvalue weighted by atomic mass is 10.2. The zero-order valence-electron chi connectivity index (χ0n) is 24.2. The fourth-order valence-electron chi connectivity index (χ4n) is 5.09. The van der Waals surface area contributed by atoms with Crippen molar-refractivity contribution >= 4 is 39.2 Å². The Morgan fingerprint density at radius 3 is 2.41 bits per heavy atom. The van der Waals surface area contributed by atoms with Gasteiger partial charge in [0.05, 0.1) is 16.3 Å². The van der Waals surface area contributed by atoms with E-state index in [0.29, 0.717) is 36.1 Å². The second kappa shape index (κ2) is 11.9. The van der Waals surface area contributed by atoms with E-state index >= 15 is 0 Å². The first-order chi connectivity index (χ1) is 19.6. The fraction of sp³-hybridized carbons (Fsp3) is 0.375. The number of anilines is 1. The maximum atomic E-state index is 13.0. The van der Waals surface area contributed by atoms with Crippen LogP contribution in [0.5, 0.6) is 11.5 Å². The van der Waals surface area contributed by atoms with E-state index in [9.17, 15) is 9.59 Å². The fourth-order valence-corrected chi connectivity index (χ4v) is 5.94. The number of aryl methyl sites for hydroxylation is 1. The molecule has 0 saturated carbocycles. The van der Waals surface area contributed by atoms with Crippen LogP contribution in [0.4, 0.5) is 10.5 Å². The number of rotatable bonds is 8. The average Bonchev–Trinajstić information content (AvgIpc) is 3.62. The predicted octanol–water partition coefficient (Wildman–Crippen LogP) is 7.24. The van der Waals surface area contributed by atoms with Crippen LogP contribution in [0.1, 0.15) is 56.6 Å². The Kier molecular flexibility index (Phi) is 8.26. The number of carbonyl (C=O) groups is 2. The average molecular weight is 576 g/mol. The molecule has 1 fully saturated rings. The minimum absolute atomic E-state index is 0.0331. The molecule has 0 unspecified atom stereocenters. The van der Waals surface area contributed by atoms with Crippen molar-refractivity contribution in [3.05, 3.63) is 77.3 Å². The molecule has 2 amide bonds. The lowest BCUT2D eigenvalue weighted by Gasteiger charge is -2.31. The molecule has 1 aliphatic heterocycles. The Morgan fingerprint density at radius 2 is 1.71 bits per heavy atom. The summed E-state index contributed by atoms with van der Waals surface area (Å²) in [7, 11) is 1.90. The number of nitrogens with zero attached hydrogens (tertiary/aromatic N) is 2. The summed E-state index contributed by atoms with van der Waals surface area (Å²) in [6, 6.07) is 19.1. The second-order valence-electron chi connectivity index (χ2n) is 11.4. The molecular weight excluding hydrogens is 538 g/mol. The number of para-hydroxylation sites is 1. The normalized spacial score (nSPS) is 17.0. The molecule has 2 atom stereocenters. The number of thiophene rings is 1. The molecule has 41 heavy (non-hydrogen) atoms. The highest BCUT2D eigenvalue weighted by Gasteiger charge is 2.37. The number of ether oxygens (including phenoxy) is 3. The number of likely N-dealkylation sites (tertiary alicyclic amines) is 1. The number of benzene rings is 2. The number of hydrogen-bond acceptors (Lipinski definition) is 6. The second-order valence-corrected chi connectivity index (χ2v) is 12.4. The minimum Gasteiger partial charge on any atom is -0.491 e. The quantitative estimate of drug-likeness (QED) is 0.240. The van der Waals surface area contributed by atoms with E-state index in [1.807, 2.05) is 105 Å². The molecule has 1 saturated heterocycles. The van der Waals surface area contributed by atoms with Crippen molar-refractivity contribution in [3.8, 4) is 11.5 Å². The summed E-state index contributed by atoms with van der Waals surface area (Å²) >= 11 is 1.62. The predicted molar refractivity (Wildman–Crippen MR) is 162 cm³/mol. The largest absolute Gasteiger partial charge is 0.491 e. The van der Waals surface area contributed by atoms with Gasteiger partial charge in [-0.3, -0.25) is 9.69 Å². The van der Waals surface area contributed by atoms with Crippen LogP contribution in [0, 0.1) is 0 Å². The van der Waals surface area contributed by atoms with Crippen LogP contribution >= 0.6 is 11.3 Å². The molecule has 8 nitrogen and oxygen atoms in total. The topological polar surface area (TPSA) is 82.0 Å².